The van der Waals surface area contributed by atoms with E-state index >= 15 is 0 Å². The highest BCUT2D eigenvalue weighted by molar-refractivity contribution is 5.16. The molecule has 0 aliphatic rings. The Hall–Kier alpha value is -1.75. The summed E-state index contributed by atoms with van der Waals surface area (Å²) in [4.78, 5) is 6.24. The average Bonchev–Trinajstić information content (AvgIpc) is 2.74. The van der Waals surface area contributed by atoms with E-state index in [0.29, 0.717) is 18.3 Å². The van der Waals surface area contributed by atoms with Gasteiger partial charge in [0.1, 0.15) is 5.82 Å². The molecule has 1 aromatic heterocycles. The maximum absolute atomic E-state index is 12.7. The number of hydrogen-bond acceptors (Lipinski definition) is 4. The van der Waals surface area contributed by atoms with Gasteiger partial charge in [-0.15, -0.1) is 0 Å². The lowest BCUT2D eigenvalue weighted by Gasteiger charge is -2.13. The molecular weight excluding hydrogens is 233 g/mol. The first kappa shape index (κ1) is 12.7. The van der Waals surface area contributed by atoms with E-state index in [9.17, 15) is 4.39 Å². The zero-order valence-electron chi connectivity index (χ0n) is 10.6. The van der Waals surface area contributed by atoms with E-state index < -0.39 is 0 Å². The summed E-state index contributed by atoms with van der Waals surface area (Å²) >= 11 is 0. The summed E-state index contributed by atoms with van der Waals surface area (Å²) in [6, 6.07) is 6.58. The normalized spacial score (nSPS) is 11.1. The highest BCUT2D eigenvalue weighted by atomic mass is 19.1. The number of aryl methyl sites for hydroxylation is 1. The van der Waals surface area contributed by atoms with Crippen molar-refractivity contribution in [2.75, 3.05) is 13.6 Å². The third kappa shape index (κ3) is 3.63. The molecule has 0 N–H and O–H groups in total. The summed E-state index contributed by atoms with van der Waals surface area (Å²) < 4.78 is 17.8. The van der Waals surface area contributed by atoms with Gasteiger partial charge in [-0.25, -0.2) is 4.39 Å². The smallest absolute Gasteiger partial charge is 0.240 e. The van der Waals surface area contributed by atoms with Crippen LogP contribution < -0.4 is 0 Å². The predicted molar refractivity (Wildman–Crippen MR) is 65.5 cm³/mol. The average molecular weight is 249 g/mol. The number of halogens is 1. The van der Waals surface area contributed by atoms with Crippen LogP contribution in [0.15, 0.2) is 28.8 Å². The zero-order valence-corrected chi connectivity index (χ0v) is 10.6. The number of aromatic nitrogens is 2. The molecule has 0 spiro atoms. The van der Waals surface area contributed by atoms with E-state index in [2.05, 4.69) is 15.0 Å². The lowest BCUT2D eigenvalue weighted by molar-refractivity contribution is 0.268. The molecule has 0 unspecified atom stereocenters. The summed E-state index contributed by atoms with van der Waals surface area (Å²) in [5, 5.41) is 3.74. The maximum Gasteiger partial charge on any atom is 0.240 e. The highest BCUT2D eigenvalue weighted by Crippen LogP contribution is 2.06. The third-order valence-corrected chi connectivity index (χ3v) is 2.67. The zero-order chi connectivity index (χ0) is 13.0. The van der Waals surface area contributed by atoms with Crippen LogP contribution in [0.3, 0.4) is 0 Å². The molecule has 0 bridgehead atoms. The molecule has 0 amide bonds. The largest absolute Gasteiger partial charge is 0.338 e. The van der Waals surface area contributed by atoms with E-state index in [1.165, 1.54) is 12.1 Å². The number of likely N-dealkylation sites (N-methyl/N-ethyl adjacent to an activating group) is 1. The van der Waals surface area contributed by atoms with E-state index in [1.807, 2.05) is 7.05 Å². The molecule has 2 aromatic rings. The Morgan fingerprint density at radius 1 is 1.28 bits per heavy atom. The lowest BCUT2D eigenvalue weighted by Crippen LogP contribution is -2.20. The second-order valence-electron chi connectivity index (χ2n) is 4.35. The molecule has 0 saturated heterocycles. The van der Waals surface area contributed by atoms with Crippen LogP contribution in [0.4, 0.5) is 4.39 Å². The van der Waals surface area contributed by atoms with Crippen molar-refractivity contribution in [1.82, 2.24) is 15.0 Å². The molecule has 0 fully saturated rings. The van der Waals surface area contributed by atoms with E-state index in [-0.39, 0.29) is 5.82 Å². The minimum absolute atomic E-state index is 0.201. The van der Waals surface area contributed by atoms with Gasteiger partial charge in [-0.3, -0.25) is 4.90 Å². The van der Waals surface area contributed by atoms with Crippen molar-refractivity contribution >= 4 is 0 Å². The van der Waals surface area contributed by atoms with Crippen LogP contribution in [0.2, 0.25) is 0 Å². The maximum atomic E-state index is 12.7. The Morgan fingerprint density at radius 2 is 2.00 bits per heavy atom. The first-order valence-electron chi connectivity index (χ1n) is 5.85. The molecule has 0 saturated carbocycles. The summed E-state index contributed by atoms with van der Waals surface area (Å²) in [5.41, 5.74) is 1.12. The molecule has 0 atom stereocenters. The van der Waals surface area contributed by atoms with Gasteiger partial charge in [-0.05, 0) is 38.1 Å². The van der Waals surface area contributed by atoms with Gasteiger partial charge in [-0.1, -0.05) is 17.3 Å². The van der Waals surface area contributed by atoms with E-state index in [1.54, 1.807) is 19.1 Å². The second-order valence-corrected chi connectivity index (χ2v) is 4.35. The monoisotopic (exact) mass is 249 g/mol. The van der Waals surface area contributed by atoms with Gasteiger partial charge >= 0.3 is 0 Å². The van der Waals surface area contributed by atoms with Crippen LogP contribution in [0.25, 0.3) is 0 Å². The minimum Gasteiger partial charge on any atom is -0.338 e. The summed E-state index contributed by atoms with van der Waals surface area (Å²) in [7, 11) is 1.99. The minimum atomic E-state index is -0.201. The second kappa shape index (κ2) is 5.73. The van der Waals surface area contributed by atoms with Crippen molar-refractivity contribution in [2.24, 2.45) is 0 Å². The van der Waals surface area contributed by atoms with Gasteiger partial charge < -0.3 is 4.52 Å². The number of hydrogen-bond donors (Lipinski definition) is 0. The third-order valence-electron chi connectivity index (χ3n) is 2.67. The molecule has 18 heavy (non-hydrogen) atoms. The molecule has 0 aliphatic carbocycles. The van der Waals surface area contributed by atoms with Crippen molar-refractivity contribution < 1.29 is 8.91 Å². The van der Waals surface area contributed by atoms with E-state index in [0.717, 1.165) is 18.5 Å². The fourth-order valence-electron chi connectivity index (χ4n) is 1.69. The van der Waals surface area contributed by atoms with Crippen molar-refractivity contribution in [2.45, 2.75) is 19.9 Å². The number of benzene rings is 1. The van der Waals surface area contributed by atoms with Gasteiger partial charge in [0.15, 0.2) is 5.82 Å². The van der Waals surface area contributed by atoms with Crippen molar-refractivity contribution in [3.05, 3.63) is 47.4 Å². The fraction of sp³-hybridized carbons (Fsp3) is 0.385. The number of rotatable bonds is 5. The Balaban J connectivity index is 1.81. The Labute approximate surface area is 105 Å². The predicted octanol–water partition coefficient (Wildman–Crippen LogP) is 2.19. The van der Waals surface area contributed by atoms with Crippen LogP contribution >= 0.6 is 0 Å². The first-order chi connectivity index (χ1) is 8.63. The van der Waals surface area contributed by atoms with Crippen LogP contribution in [0.1, 0.15) is 17.3 Å². The molecule has 0 aliphatic heterocycles. The highest BCUT2D eigenvalue weighted by Gasteiger charge is 2.06. The molecule has 1 heterocycles. The lowest BCUT2D eigenvalue weighted by atomic mass is 10.1. The van der Waals surface area contributed by atoms with Crippen LogP contribution in [-0.4, -0.2) is 28.6 Å². The van der Waals surface area contributed by atoms with Crippen molar-refractivity contribution in [3.63, 3.8) is 0 Å². The topological polar surface area (TPSA) is 42.2 Å². The Morgan fingerprint density at radius 3 is 2.61 bits per heavy atom. The molecule has 1 aromatic carbocycles. The number of nitrogens with zero attached hydrogens (tertiary/aromatic N) is 3. The summed E-state index contributed by atoms with van der Waals surface area (Å²) in [5.74, 6) is 1.07. The Kier molecular flexibility index (Phi) is 4.04. The molecule has 5 heteroatoms. The summed E-state index contributed by atoms with van der Waals surface area (Å²) in [6.45, 7) is 3.28. The molecule has 0 radical (unpaired) electrons. The molecule has 4 nitrogen and oxygen atoms in total. The van der Waals surface area contributed by atoms with Crippen molar-refractivity contribution in [1.29, 1.82) is 0 Å². The molecule has 96 valence electrons. The van der Waals surface area contributed by atoms with Gasteiger partial charge in [0.05, 0.1) is 6.54 Å². The summed E-state index contributed by atoms with van der Waals surface area (Å²) in [6.07, 6.45) is 0.865. The molecule has 2 rings (SSSR count). The van der Waals surface area contributed by atoms with Gasteiger partial charge in [0.2, 0.25) is 5.89 Å². The standard InChI is InChI=1S/C13H16FN3O/c1-10-15-13(18-16-10)9-17(2)8-7-11-3-5-12(14)6-4-11/h3-6H,7-9H2,1-2H3. The quantitative estimate of drug-likeness (QED) is 0.814. The van der Waals surface area contributed by atoms with E-state index in [4.69, 9.17) is 4.52 Å². The molecular formula is C13H16FN3O. The van der Waals surface area contributed by atoms with Gasteiger partial charge in [-0.2, -0.15) is 4.98 Å². The van der Waals surface area contributed by atoms with Crippen LogP contribution in [-0.2, 0) is 13.0 Å². The first-order valence-corrected chi connectivity index (χ1v) is 5.85. The fourth-order valence-corrected chi connectivity index (χ4v) is 1.69. The van der Waals surface area contributed by atoms with Crippen LogP contribution in [0.5, 0.6) is 0 Å². The van der Waals surface area contributed by atoms with Crippen molar-refractivity contribution in [3.8, 4) is 0 Å². The Bertz CT molecular complexity index is 495. The van der Waals surface area contributed by atoms with Gasteiger partial charge in [0.25, 0.3) is 0 Å². The van der Waals surface area contributed by atoms with Crippen LogP contribution in [0, 0.1) is 12.7 Å². The SMILES string of the molecule is Cc1noc(CN(C)CCc2ccc(F)cc2)n1. The van der Waals surface area contributed by atoms with Gasteiger partial charge in [0, 0.05) is 6.54 Å².